The first kappa shape index (κ1) is 11.1. The average molecular weight is 197 g/mol. The highest BCUT2D eigenvalue weighted by Gasteiger charge is 2.07. The van der Waals surface area contributed by atoms with E-state index >= 15 is 0 Å². The van der Waals surface area contributed by atoms with E-state index in [2.05, 4.69) is 21.9 Å². The van der Waals surface area contributed by atoms with Gasteiger partial charge in [0.05, 0.1) is 6.54 Å². The van der Waals surface area contributed by atoms with E-state index in [0.29, 0.717) is 6.54 Å². The van der Waals surface area contributed by atoms with Crippen LogP contribution in [0.25, 0.3) is 0 Å². The number of aryl methyl sites for hydroxylation is 1. The second kappa shape index (κ2) is 5.72. The lowest BCUT2D eigenvalue weighted by atomic mass is 10.4. The maximum Gasteiger partial charge on any atom is 0.140 e. The van der Waals surface area contributed by atoms with Gasteiger partial charge in [0, 0.05) is 20.1 Å². The third-order valence-corrected chi connectivity index (χ3v) is 2.16. The number of hydrogen-bond acceptors (Lipinski definition) is 4. The standard InChI is InChI=1S/C9H19N5/c1-3-5-14(6-4-10)7-9-11-8-12-13(9)2/h8H,3-7,10H2,1-2H3. The first-order valence-electron chi connectivity index (χ1n) is 5.03. The molecule has 0 saturated carbocycles. The van der Waals surface area contributed by atoms with Crippen LogP contribution in [0.2, 0.25) is 0 Å². The zero-order chi connectivity index (χ0) is 10.4. The van der Waals surface area contributed by atoms with Crippen molar-refractivity contribution >= 4 is 0 Å². The molecule has 0 unspecified atom stereocenters. The van der Waals surface area contributed by atoms with Crippen molar-refractivity contribution in [2.75, 3.05) is 19.6 Å². The van der Waals surface area contributed by atoms with Gasteiger partial charge in [-0.2, -0.15) is 5.10 Å². The molecule has 5 heteroatoms. The molecule has 1 rings (SSSR count). The van der Waals surface area contributed by atoms with E-state index < -0.39 is 0 Å². The molecule has 1 aromatic rings. The van der Waals surface area contributed by atoms with Gasteiger partial charge < -0.3 is 5.73 Å². The number of nitrogens with two attached hydrogens (primary N) is 1. The van der Waals surface area contributed by atoms with Crippen LogP contribution in [0, 0.1) is 0 Å². The third-order valence-electron chi connectivity index (χ3n) is 2.16. The van der Waals surface area contributed by atoms with Crippen LogP contribution in [-0.4, -0.2) is 39.3 Å². The maximum absolute atomic E-state index is 5.54. The van der Waals surface area contributed by atoms with Crippen molar-refractivity contribution in [3.8, 4) is 0 Å². The van der Waals surface area contributed by atoms with E-state index in [0.717, 1.165) is 31.9 Å². The highest BCUT2D eigenvalue weighted by molar-refractivity contribution is 4.83. The summed E-state index contributed by atoms with van der Waals surface area (Å²) in [5.41, 5.74) is 5.54. The molecule has 80 valence electrons. The van der Waals surface area contributed by atoms with Crippen LogP contribution in [0.4, 0.5) is 0 Å². The molecule has 14 heavy (non-hydrogen) atoms. The van der Waals surface area contributed by atoms with Gasteiger partial charge >= 0.3 is 0 Å². The molecule has 0 bridgehead atoms. The summed E-state index contributed by atoms with van der Waals surface area (Å²) in [4.78, 5) is 6.49. The molecule has 0 radical (unpaired) electrons. The van der Waals surface area contributed by atoms with Crippen LogP contribution < -0.4 is 5.73 Å². The molecular weight excluding hydrogens is 178 g/mol. The van der Waals surface area contributed by atoms with Crippen molar-refractivity contribution in [3.63, 3.8) is 0 Å². The van der Waals surface area contributed by atoms with Crippen molar-refractivity contribution in [3.05, 3.63) is 12.2 Å². The summed E-state index contributed by atoms with van der Waals surface area (Å²) in [7, 11) is 1.91. The van der Waals surface area contributed by atoms with Gasteiger partial charge in [0.2, 0.25) is 0 Å². The monoisotopic (exact) mass is 197 g/mol. The summed E-state index contributed by atoms with van der Waals surface area (Å²) in [5, 5.41) is 4.04. The number of aromatic nitrogens is 3. The molecule has 0 fully saturated rings. The molecule has 0 saturated heterocycles. The van der Waals surface area contributed by atoms with Crippen LogP contribution >= 0.6 is 0 Å². The minimum absolute atomic E-state index is 0.692. The topological polar surface area (TPSA) is 60.0 Å². The molecule has 0 atom stereocenters. The van der Waals surface area contributed by atoms with Crippen molar-refractivity contribution < 1.29 is 0 Å². The SMILES string of the molecule is CCCN(CCN)Cc1ncnn1C. The Bertz CT molecular complexity index is 251. The summed E-state index contributed by atoms with van der Waals surface area (Å²) in [6.07, 6.45) is 2.72. The van der Waals surface area contributed by atoms with Crippen molar-refractivity contribution in [1.82, 2.24) is 19.7 Å². The highest BCUT2D eigenvalue weighted by atomic mass is 15.3. The second-order valence-corrected chi connectivity index (χ2v) is 3.36. The van der Waals surface area contributed by atoms with E-state index in [1.54, 1.807) is 11.0 Å². The van der Waals surface area contributed by atoms with Crippen LogP contribution in [0.1, 0.15) is 19.2 Å². The minimum atomic E-state index is 0.692. The molecular formula is C9H19N5. The molecule has 0 aliphatic rings. The lowest BCUT2D eigenvalue weighted by molar-refractivity contribution is 0.263. The summed E-state index contributed by atoms with van der Waals surface area (Å²) < 4.78 is 1.80. The van der Waals surface area contributed by atoms with Crippen LogP contribution in [0.3, 0.4) is 0 Å². The zero-order valence-electron chi connectivity index (χ0n) is 8.98. The molecule has 0 spiro atoms. The van der Waals surface area contributed by atoms with E-state index in [1.807, 2.05) is 7.05 Å². The maximum atomic E-state index is 5.54. The average Bonchev–Trinajstić information content (AvgIpc) is 2.53. The first-order valence-corrected chi connectivity index (χ1v) is 5.03. The van der Waals surface area contributed by atoms with Gasteiger partial charge in [-0.05, 0) is 13.0 Å². The number of nitrogens with zero attached hydrogens (tertiary/aromatic N) is 4. The van der Waals surface area contributed by atoms with E-state index in [1.165, 1.54) is 0 Å². The predicted octanol–water partition coefficient (Wildman–Crippen LogP) is -0.0142. The highest BCUT2D eigenvalue weighted by Crippen LogP contribution is 1.99. The van der Waals surface area contributed by atoms with Gasteiger partial charge in [-0.3, -0.25) is 9.58 Å². The smallest absolute Gasteiger partial charge is 0.140 e. The van der Waals surface area contributed by atoms with E-state index in [-0.39, 0.29) is 0 Å². The van der Waals surface area contributed by atoms with E-state index in [9.17, 15) is 0 Å². The van der Waals surface area contributed by atoms with Gasteiger partial charge in [0.15, 0.2) is 0 Å². The second-order valence-electron chi connectivity index (χ2n) is 3.36. The molecule has 0 amide bonds. The fourth-order valence-electron chi connectivity index (χ4n) is 1.43. The molecule has 2 N–H and O–H groups in total. The van der Waals surface area contributed by atoms with E-state index in [4.69, 9.17) is 5.73 Å². The predicted molar refractivity (Wildman–Crippen MR) is 55.6 cm³/mol. The summed E-state index contributed by atoms with van der Waals surface area (Å²) in [6, 6.07) is 0. The lowest BCUT2D eigenvalue weighted by Crippen LogP contribution is -2.30. The normalized spacial score (nSPS) is 11.1. The zero-order valence-corrected chi connectivity index (χ0v) is 8.98. The minimum Gasteiger partial charge on any atom is -0.329 e. The summed E-state index contributed by atoms with van der Waals surface area (Å²) in [5.74, 6) is 0.993. The van der Waals surface area contributed by atoms with Gasteiger partial charge in [0.1, 0.15) is 12.2 Å². The fourth-order valence-corrected chi connectivity index (χ4v) is 1.43. The summed E-state index contributed by atoms with van der Waals surface area (Å²) >= 11 is 0. The Hall–Kier alpha value is -0.940. The van der Waals surface area contributed by atoms with Crippen molar-refractivity contribution in [2.45, 2.75) is 19.9 Å². The Labute approximate surface area is 84.9 Å². The number of hydrogen-bond donors (Lipinski definition) is 1. The van der Waals surface area contributed by atoms with Gasteiger partial charge in [-0.15, -0.1) is 0 Å². The van der Waals surface area contributed by atoms with Crippen molar-refractivity contribution in [1.29, 1.82) is 0 Å². The Morgan fingerprint density at radius 1 is 1.50 bits per heavy atom. The first-order chi connectivity index (χ1) is 6.77. The Kier molecular flexibility index (Phi) is 4.55. The quantitative estimate of drug-likeness (QED) is 0.696. The number of rotatable bonds is 6. The molecule has 1 aromatic heterocycles. The Morgan fingerprint density at radius 3 is 2.79 bits per heavy atom. The lowest BCUT2D eigenvalue weighted by Gasteiger charge is -2.19. The van der Waals surface area contributed by atoms with Gasteiger partial charge in [-0.1, -0.05) is 6.92 Å². The van der Waals surface area contributed by atoms with Crippen LogP contribution in [0.5, 0.6) is 0 Å². The van der Waals surface area contributed by atoms with Gasteiger partial charge in [-0.25, -0.2) is 4.98 Å². The molecule has 1 heterocycles. The molecule has 5 nitrogen and oxygen atoms in total. The largest absolute Gasteiger partial charge is 0.329 e. The van der Waals surface area contributed by atoms with Crippen LogP contribution in [-0.2, 0) is 13.6 Å². The summed E-state index contributed by atoms with van der Waals surface area (Å²) in [6.45, 7) is 5.67. The molecule has 0 aromatic carbocycles. The molecule has 0 aliphatic heterocycles. The van der Waals surface area contributed by atoms with Crippen molar-refractivity contribution in [2.24, 2.45) is 12.8 Å². The molecule has 0 aliphatic carbocycles. The Morgan fingerprint density at radius 2 is 2.29 bits per heavy atom. The Balaban J connectivity index is 2.50. The van der Waals surface area contributed by atoms with Gasteiger partial charge in [0.25, 0.3) is 0 Å². The fraction of sp³-hybridized carbons (Fsp3) is 0.778. The third kappa shape index (κ3) is 3.08. The van der Waals surface area contributed by atoms with Crippen LogP contribution in [0.15, 0.2) is 6.33 Å².